The average molecular weight is 428 g/mol. The van der Waals surface area contributed by atoms with Crippen LogP contribution in [-0.4, -0.2) is 59.0 Å². The molecule has 1 saturated heterocycles. The Morgan fingerprint density at radius 2 is 1.77 bits per heavy atom. The normalized spacial score (nSPS) is 21.6. The van der Waals surface area contributed by atoms with Gasteiger partial charge in [0.05, 0.1) is 6.20 Å². The van der Waals surface area contributed by atoms with Gasteiger partial charge in [-0.25, -0.2) is 9.37 Å². The smallest absolute Gasteiger partial charge is 0.229 e. The summed E-state index contributed by atoms with van der Waals surface area (Å²) in [5, 5.41) is 6.35. The van der Waals surface area contributed by atoms with E-state index in [4.69, 9.17) is 5.73 Å². The molecule has 0 bridgehead atoms. The van der Waals surface area contributed by atoms with Gasteiger partial charge in [0, 0.05) is 56.6 Å². The summed E-state index contributed by atoms with van der Waals surface area (Å²) in [6.45, 7) is 4.71. The predicted molar refractivity (Wildman–Crippen MR) is 120 cm³/mol. The maximum Gasteiger partial charge on any atom is 0.229 e. The zero-order chi connectivity index (χ0) is 21.8. The Balaban J connectivity index is 1.36. The number of aromatic nitrogens is 2. The molecule has 0 spiro atoms. The van der Waals surface area contributed by atoms with Crippen LogP contribution in [0.5, 0.6) is 0 Å². The van der Waals surface area contributed by atoms with Gasteiger partial charge < -0.3 is 26.2 Å². The van der Waals surface area contributed by atoms with Crippen LogP contribution in [0.25, 0.3) is 0 Å². The monoisotopic (exact) mass is 427 g/mol. The lowest BCUT2D eigenvalue weighted by Crippen LogP contribution is -2.48. The van der Waals surface area contributed by atoms with Crippen molar-refractivity contribution >= 4 is 29.0 Å². The van der Waals surface area contributed by atoms with Gasteiger partial charge in [0.2, 0.25) is 11.9 Å². The lowest BCUT2D eigenvalue weighted by atomic mass is 9.92. The molecular formula is C22H30FN7O. The van der Waals surface area contributed by atoms with Gasteiger partial charge in [-0.2, -0.15) is 4.98 Å². The van der Waals surface area contributed by atoms with E-state index in [1.807, 2.05) is 29.2 Å². The van der Waals surface area contributed by atoms with Gasteiger partial charge >= 0.3 is 0 Å². The Hall–Kier alpha value is -2.94. The quantitative estimate of drug-likeness (QED) is 0.675. The van der Waals surface area contributed by atoms with Crippen LogP contribution in [0.1, 0.15) is 32.6 Å². The number of hydrogen-bond donors (Lipinski definition) is 3. The molecule has 2 heterocycles. The second-order valence-corrected chi connectivity index (χ2v) is 8.31. The third kappa shape index (κ3) is 5.41. The summed E-state index contributed by atoms with van der Waals surface area (Å²) < 4.78 is 14.2. The second kappa shape index (κ2) is 9.47. The van der Waals surface area contributed by atoms with Crippen molar-refractivity contribution in [3.8, 4) is 0 Å². The van der Waals surface area contributed by atoms with E-state index in [1.165, 1.54) is 6.20 Å². The molecule has 2 aromatic rings. The largest absolute Gasteiger partial charge is 0.368 e. The topological polar surface area (TPSA) is 99.4 Å². The molecule has 4 rings (SSSR count). The summed E-state index contributed by atoms with van der Waals surface area (Å²) >= 11 is 0. The van der Waals surface area contributed by atoms with E-state index in [2.05, 4.69) is 25.5 Å². The number of nitrogens with zero attached hydrogens (tertiary/aromatic N) is 4. The van der Waals surface area contributed by atoms with Gasteiger partial charge in [0.25, 0.3) is 0 Å². The highest BCUT2D eigenvalue weighted by Crippen LogP contribution is 2.24. The first-order valence-corrected chi connectivity index (χ1v) is 10.9. The molecular weight excluding hydrogens is 397 g/mol. The first-order valence-electron chi connectivity index (χ1n) is 10.9. The Morgan fingerprint density at radius 3 is 2.42 bits per heavy atom. The molecule has 4 N–H and O–H groups in total. The van der Waals surface area contributed by atoms with Crippen molar-refractivity contribution in [3.63, 3.8) is 0 Å². The Kier molecular flexibility index (Phi) is 6.50. The van der Waals surface area contributed by atoms with E-state index in [0.717, 1.165) is 63.2 Å². The maximum atomic E-state index is 14.2. The number of anilines is 4. The molecule has 9 heteroatoms. The van der Waals surface area contributed by atoms with Crippen molar-refractivity contribution in [1.82, 2.24) is 14.9 Å². The molecule has 1 aromatic carbocycles. The Bertz CT molecular complexity index is 891. The molecule has 31 heavy (non-hydrogen) atoms. The fourth-order valence-electron chi connectivity index (χ4n) is 4.15. The third-order valence-corrected chi connectivity index (χ3v) is 6.07. The minimum Gasteiger partial charge on any atom is -0.368 e. The first kappa shape index (κ1) is 21.3. The van der Waals surface area contributed by atoms with Gasteiger partial charge in [-0.05, 0) is 49.9 Å². The minimum atomic E-state index is -0.458. The number of halogens is 1. The van der Waals surface area contributed by atoms with Crippen molar-refractivity contribution in [3.05, 3.63) is 36.3 Å². The average Bonchev–Trinajstić information content (AvgIpc) is 2.78. The molecule has 1 aliphatic carbocycles. The highest BCUT2D eigenvalue weighted by molar-refractivity contribution is 5.73. The van der Waals surface area contributed by atoms with Gasteiger partial charge in [-0.3, -0.25) is 4.79 Å². The molecule has 8 nitrogen and oxygen atoms in total. The van der Waals surface area contributed by atoms with Gasteiger partial charge in [0.15, 0.2) is 11.6 Å². The number of benzene rings is 1. The number of amides is 1. The highest BCUT2D eigenvalue weighted by Gasteiger charge is 2.21. The number of hydrogen-bond acceptors (Lipinski definition) is 7. The number of rotatable bonds is 5. The van der Waals surface area contributed by atoms with E-state index in [0.29, 0.717) is 5.95 Å². The molecule has 1 saturated carbocycles. The van der Waals surface area contributed by atoms with E-state index in [1.54, 1.807) is 6.92 Å². The van der Waals surface area contributed by atoms with Gasteiger partial charge in [-0.15, -0.1) is 0 Å². The van der Waals surface area contributed by atoms with Crippen LogP contribution in [0.3, 0.4) is 0 Å². The zero-order valence-corrected chi connectivity index (χ0v) is 17.9. The van der Waals surface area contributed by atoms with Crippen LogP contribution in [0.4, 0.5) is 27.5 Å². The van der Waals surface area contributed by atoms with Gasteiger partial charge in [-0.1, -0.05) is 0 Å². The number of nitrogens with one attached hydrogen (secondary N) is 2. The third-order valence-electron chi connectivity index (χ3n) is 6.07. The van der Waals surface area contributed by atoms with E-state index in [-0.39, 0.29) is 23.8 Å². The fourth-order valence-corrected chi connectivity index (χ4v) is 4.15. The number of piperazine rings is 1. The molecule has 1 aromatic heterocycles. The summed E-state index contributed by atoms with van der Waals surface area (Å²) in [6.07, 6.45) is 4.89. The fraction of sp³-hybridized carbons (Fsp3) is 0.500. The van der Waals surface area contributed by atoms with Crippen LogP contribution in [-0.2, 0) is 4.79 Å². The Morgan fingerprint density at radius 1 is 1.10 bits per heavy atom. The minimum absolute atomic E-state index is 0.124. The molecule has 0 atom stereocenters. The standard InChI is InChI=1S/C22H30FN7O/c1-15(31)29-10-12-30(13-11-29)19-8-6-18(7-9-19)27-22-25-14-20(23)21(28-22)26-17-4-2-16(24)3-5-17/h6-9,14,16-17H,2-5,10-13,24H2,1H3,(H2,25,26,27,28)/t16-,17-. The zero-order valence-electron chi connectivity index (χ0n) is 17.9. The van der Waals surface area contributed by atoms with Crippen LogP contribution in [0.15, 0.2) is 30.5 Å². The van der Waals surface area contributed by atoms with E-state index >= 15 is 0 Å². The van der Waals surface area contributed by atoms with Crippen molar-refractivity contribution in [2.75, 3.05) is 41.7 Å². The predicted octanol–water partition coefficient (Wildman–Crippen LogP) is 2.71. The van der Waals surface area contributed by atoms with Crippen molar-refractivity contribution in [2.45, 2.75) is 44.7 Å². The molecule has 0 radical (unpaired) electrons. The Labute approximate surface area is 182 Å². The molecule has 1 aliphatic heterocycles. The molecule has 166 valence electrons. The molecule has 1 amide bonds. The lowest BCUT2D eigenvalue weighted by molar-refractivity contribution is -0.129. The molecule has 2 fully saturated rings. The SMILES string of the molecule is CC(=O)N1CCN(c2ccc(Nc3ncc(F)c(N[C@H]4CC[C@H](N)CC4)n3)cc2)CC1. The summed E-state index contributed by atoms with van der Waals surface area (Å²) in [6, 6.07) is 8.38. The summed E-state index contributed by atoms with van der Waals surface area (Å²) in [5.41, 5.74) is 7.88. The van der Waals surface area contributed by atoms with Crippen LogP contribution in [0.2, 0.25) is 0 Å². The number of carbonyl (C=O) groups is 1. The molecule has 0 unspecified atom stereocenters. The summed E-state index contributed by atoms with van der Waals surface area (Å²) in [5.74, 6) is 0.233. The summed E-state index contributed by atoms with van der Waals surface area (Å²) in [7, 11) is 0. The van der Waals surface area contributed by atoms with Crippen molar-refractivity contribution in [1.29, 1.82) is 0 Å². The van der Waals surface area contributed by atoms with Crippen LogP contribution >= 0.6 is 0 Å². The summed E-state index contributed by atoms with van der Waals surface area (Å²) in [4.78, 5) is 24.0. The van der Waals surface area contributed by atoms with Crippen molar-refractivity contribution < 1.29 is 9.18 Å². The second-order valence-electron chi connectivity index (χ2n) is 8.31. The van der Waals surface area contributed by atoms with E-state index < -0.39 is 5.82 Å². The van der Waals surface area contributed by atoms with Crippen molar-refractivity contribution in [2.24, 2.45) is 5.73 Å². The highest BCUT2D eigenvalue weighted by atomic mass is 19.1. The van der Waals surface area contributed by atoms with E-state index in [9.17, 15) is 9.18 Å². The first-order chi connectivity index (χ1) is 15.0. The number of carbonyl (C=O) groups excluding carboxylic acids is 1. The lowest BCUT2D eigenvalue weighted by Gasteiger charge is -2.35. The van der Waals surface area contributed by atoms with Crippen LogP contribution in [0, 0.1) is 5.82 Å². The van der Waals surface area contributed by atoms with Gasteiger partial charge in [0.1, 0.15) is 0 Å². The maximum absolute atomic E-state index is 14.2. The number of nitrogens with two attached hydrogens (primary N) is 1. The van der Waals surface area contributed by atoms with Crippen LogP contribution < -0.4 is 21.3 Å². The molecule has 2 aliphatic rings.